The first-order chi connectivity index (χ1) is 13.2. The van der Waals surface area contributed by atoms with Crippen LogP contribution >= 0.6 is 0 Å². The summed E-state index contributed by atoms with van der Waals surface area (Å²) >= 11 is 0. The zero-order valence-corrected chi connectivity index (χ0v) is 18.8. The molecule has 168 valence electrons. The van der Waals surface area contributed by atoms with Gasteiger partial charge in [0.25, 0.3) is 0 Å². The van der Waals surface area contributed by atoms with E-state index in [0.29, 0.717) is 6.61 Å². The zero-order valence-electron chi connectivity index (χ0n) is 18.8. The van der Waals surface area contributed by atoms with E-state index in [-0.39, 0.29) is 12.4 Å². The molecule has 0 aliphatic carbocycles. The lowest BCUT2D eigenvalue weighted by molar-refractivity contribution is -0.152. The molecule has 10 nitrogen and oxygen atoms in total. The third-order valence-corrected chi connectivity index (χ3v) is 3.18. The highest BCUT2D eigenvalue weighted by Gasteiger charge is 2.34. The molecule has 0 saturated carbocycles. The van der Waals surface area contributed by atoms with Crippen molar-refractivity contribution >= 4 is 29.6 Å². The Morgan fingerprint density at radius 1 is 0.897 bits per heavy atom. The highest BCUT2D eigenvalue weighted by molar-refractivity contribution is 6.04. The zero-order chi connectivity index (χ0) is 23.4. The number of amides is 1. The molecule has 2 atom stereocenters. The number of nitrogens with one attached hydrogen (secondary N) is 1. The smallest absolute Gasteiger partial charge is 0.411 e. The Bertz CT molecular complexity index is 583. The Hall–Kier alpha value is -2.49. The monoisotopic (exact) mass is 418 g/mol. The molecule has 0 bridgehead atoms. The van der Waals surface area contributed by atoms with E-state index in [1.165, 1.54) is 20.9 Å². The summed E-state index contributed by atoms with van der Waals surface area (Å²) in [7, 11) is 2.88. The van der Waals surface area contributed by atoms with Crippen LogP contribution in [0.3, 0.4) is 0 Å². The molecule has 0 aliphatic heterocycles. The summed E-state index contributed by atoms with van der Waals surface area (Å²) in [6.07, 6.45) is -0.740. The molecule has 0 saturated heterocycles. The van der Waals surface area contributed by atoms with E-state index in [0.717, 1.165) is 4.90 Å². The summed E-state index contributed by atoms with van der Waals surface area (Å²) in [4.78, 5) is 57.4. The van der Waals surface area contributed by atoms with Crippen LogP contribution in [0, 0.1) is 0 Å². The van der Waals surface area contributed by atoms with E-state index >= 15 is 0 Å². The van der Waals surface area contributed by atoms with Gasteiger partial charge in [0.15, 0.2) is 23.7 Å². The number of likely N-dealkylation sites (N-methyl/N-ethyl adjacent to an activating group) is 2. The number of carbonyl (C=O) groups excluding carboxylic acids is 5. The summed E-state index contributed by atoms with van der Waals surface area (Å²) in [6, 6.07) is -2.07. The molecule has 1 amide bonds. The van der Waals surface area contributed by atoms with E-state index in [1.54, 1.807) is 41.7 Å². The molecule has 0 aliphatic rings. The molecule has 10 heteroatoms. The fourth-order valence-electron chi connectivity index (χ4n) is 1.97. The summed E-state index contributed by atoms with van der Waals surface area (Å²) in [5, 5.41) is 2.56. The van der Waals surface area contributed by atoms with Crippen molar-refractivity contribution in [3.05, 3.63) is 0 Å². The van der Waals surface area contributed by atoms with Gasteiger partial charge in [0.05, 0.1) is 13.2 Å². The predicted molar refractivity (Wildman–Crippen MR) is 105 cm³/mol. The van der Waals surface area contributed by atoms with Crippen molar-refractivity contribution in [2.24, 2.45) is 0 Å². The van der Waals surface area contributed by atoms with Crippen molar-refractivity contribution in [2.45, 2.75) is 66.2 Å². The molecule has 0 radical (unpaired) electrons. The number of esters is 2. The second-order valence-corrected chi connectivity index (χ2v) is 6.94. The highest BCUT2D eigenvalue weighted by atomic mass is 16.6. The summed E-state index contributed by atoms with van der Waals surface area (Å²) in [5.41, 5.74) is -0.693. The summed E-state index contributed by atoms with van der Waals surface area (Å²) in [5.74, 6) is -1.96. The number of nitrogens with zero attached hydrogens (tertiary/aromatic N) is 1. The fourth-order valence-corrected chi connectivity index (χ4v) is 1.97. The van der Waals surface area contributed by atoms with Crippen molar-refractivity contribution in [1.29, 1.82) is 0 Å². The molecule has 0 fully saturated rings. The lowest BCUT2D eigenvalue weighted by Crippen LogP contribution is -2.49. The minimum Gasteiger partial charge on any atom is -0.464 e. The third-order valence-electron chi connectivity index (χ3n) is 3.18. The van der Waals surface area contributed by atoms with Crippen LogP contribution in [0.1, 0.15) is 48.5 Å². The Morgan fingerprint density at radius 2 is 1.34 bits per heavy atom. The van der Waals surface area contributed by atoms with Gasteiger partial charge in [-0.2, -0.15) is 0 Å². The number of rotatable bonds is 8. The minimum atomic E-state index is -1.26. The molecule has 0 aromatic carbocycles. The lowest BCUT2D eigenvalue weighted by Gasteiger charge is -2.28. The molecule has 1 N–H and O–H groups in total. The SMILES string of the molecule is CCOC(=O)C(C(C)=O)N(C)C(=O)OC(C)(C)C.CCOC(=O)C(NC)C(C)=O. The summed E-state index contributed by atoms with van der Waals surface area (Å²) in [6.45, 7) is 11.4. The van der Waals surface area contributed by atoms with Gasteiger partial charge in [0.1, 0.15) is 5.60 Å². The maximum Gasteiger partial charge on any atom is 0.411 e. The minimum absolute atomic E-state index is 0.144. The number of hydrogen-bond donors (Lipinski definition) is 1. The average molecular weight is 418 g/mol. The van der Waals surface area contributed by atoms with Gasteiger partial charge in [-0.25, -0.2) is 14.4 Å². The number of ether oxygens (including phenoxy) is 3. The van der Waals surface area contributed by atoms with Gasteiger partial charge >= 0.3 is 18.0 Å². The second-order valence-electron chi connectivity index (χ2n) is 6.94. The van der Waals surface area contributed by atoms with E-state index in [1.807, 2.05) is 0 Å². The van der Waals surface area contributed by atoms with Gasteiger partial charge in [-0.1, -0.05) is 0 Å². The van der Waals surface area contributed by atoms with Crippen LogP contribution in [-0.4, -0.2) is 79.5 Å². The lowest BCUT2D eigenvalue weighted by atomic mass is 10.2. The first-order valence-electron chi connectivity index (χ1n) is 9.20. The number of Topliss-reactive ketones (excluding diaryl/α,β-unsaturated/α-hetero) is 2. The van der Waals surface area contributed by atoms with Gasteiger partial charge in [0.2, 0.25) is 0 Å². The number of carbonyl (C=O) groups is 5. The van der Waals surface area contributed by atoms with Gasteiger partial charge in [-0.05, 0) is 55.5 Å². The average Bonchev–Trinajstić information content (AvgIpc) is 2.54. The Kier molecular flexibility index (Phi) is 13.5. The van der Waals surface area contributed by atoms with E-state index < -0.39 is 41.5 Å². The fraction of sp³-hybridized carbons (Fsp3) is 0.737. The van der Waals surface area contributed by atoms with Crippen molar-refractivity contribution in [3.8, 4) is 0 Å². The second kappa shape index (κ2) is 13.6. The van der Waals surface area contributed by atoms with Crippen LogP contribution in [0.15, 0.2) is 0 Å². The predicted octanol–water partition coefficient (Wildman–Crippen LogP) is 1.10. The maximum absolute atomic E-state index is 11.8. The Labute approximate surface area is 172 Å². The van der Waals surface area contributed by atoms with E-state index in [9.17, 15) is 24.0 Å². The molecule has 0 rings (SSSR count). The van der Waals surface area contributed by atoms with Gasteiger partial charge in [0, 0.05) is 7.05 Å². The van der Waals surface area contributed by atoms with Crippen LogP contribution < -0.4 is 5.32 Å². The first kappa shape index (κ1) is 28.7. The molecular formula is C19H34N2O8. The van der Waals surface area contributed by atoms with Crippen molar-refractivity contribution < 1.29 is 38.2 Å². The molecular weight excluding hydrogens is 384 g/mol. The number of ketones is 2. The normalized spacial score (nSPS) is 12.4. The number of hydrogen-bond acceptors (Lipinski definition) is 9. The van der Waals surface area contributed by atoms with Crippen LogP contribution in [0.2, 0.25) is 0 Å². The van der Waals surface area contributed by atoms with Crippen molar-refractivity contribution in [1.82, 2.24) is 10.2 Å². The standard InChI is InChI=1S/C12H21NO5.C7H13NO3/c1-7-17-10(15)9(8(2)14)13(6)11(16)18-12(3,4)5;1-4-11-7(10)6(8-3)5(2)9/h9H,7H2,1-6H3;6,8H,4H2,1-3H3. The molecule has 0 heterocycles. The highest BCUT2D eigenvalue weighted by Crippen LogP contribution is 2.12. The molecule has 0 aromatic rings. The molecule has 0 aromatic heterocycles. The van der Waals surface area contributed by atoms with E-state index in [2.05, 4.69) is 10.1 Å². The van der Waals surface area contributed by atoms with Crippen LogP contribution in [0.25, 0.3) is 0 Å². The quantitative estimate of drug-likeness (QED) is 0.350. The van der Waals surface area contributed by atoms with Crippen LogP contribution in [-0.2, 0) is 33.4 Å². The van der Waals surface area contributed by atoms with Crippen molar-refractivity contribution in [3.63, 3.8) is 0 Å². The van der Waals surface area contributed by atoms with Crippen LogP contribution in [0.4, 0.5) is 4.79 Å². The maximum atomic E-state index is 11.8. The molecule has 2 unspecified atom stereocenters. The Balaban J connectivity index is 0. The van der Waals surface area contributed by atoms with Gasteiger partial charge in [-0.15, -0.1) is 0 Å². The first-order valence-corrected chi connectivity index (χ1v) is 9.20. The van der Waals surface area contributed by atoms with E-state index in [4.69, 9.17) is 9.47 Å². The third kappa shape index (κ3) is 11.8. The summed E-state index contributed by atoms with van der Waals surface area (Å²) < 4.78 is 14.5. The topological polar surface area (TPSA) is 128 Å². The van der Waals surface area contributed by atoms with Crippen molar-refractivity contribution in [2.75, 3.05) is 27.3 Å². The molecule has 0 spiro atoms. The Morgan fingerprint density at radius 3 is 1.66 bits per heavy atom. The molecule has 29 heavy (non-hydrogen) atoms. The largest absolute Gasteiger partial charge is 0.464 e. The van der Waals surface area contributed by atoms with Gasteiger partial charge < -0.3 is 19.5 Å². The van der Waals surface area contributed by atoms with Crippen LogP contribution in [0.5, 0.6) is 0 Å². The van der Waals surface area contributed by atoms with Gasteiger partial charge in [-0.3, -0.25) is 14.5 Å².